The van der Waals surface area contributed by atoms with Gasteiger partial charge >= 0.3 is 0 Å². The number of hydrogen-bond donors (Lipinski definition) is 0. The summed E-state index contributed by atoms with van der Waals surface area (Å²) in [6.07, 6.45) is 1.64. The van der Waals surface area contributed by atoms with E-state index in [-0.39, 0.29) is 0 Å². The number of hydrogen-bond acceptors (Lipinski definition) is 6. The molecule has 2 aromatic rings. The van der Waals surface area contributed by atoms with Gasteiger partial charge in [-0.15, -0.1) is 23.1 Å². The van der Waals surface area contributed by atoms with Crippen LogP contribution in [0.3, 0.4) is 0 Å². The Hall–Kier alpha value is -1.14. The zero-order chi connectivity index (χ0) is 10.1. The van der Waals surface area contributed by atoms with Crippen molar-refractivity contribution in [3.63, 3.8) is 0 Å². The van der Waals surface area contributed by atoms with Gasteiger partial charge < -0.3 is 4.42 Å². The molecule has 6 heteroatoms. The lowest BCUT2D eigenvalue weighted by Crippen LogP contribution is -1.91. The molecule has 1 aliphatic heterocycles. The third kappa shape index (κ3) is 1.70. The highest BCUT2D eigenvalue weighted by Crippen LogP contribution is 2.23. The second kappa shape index (κ2) is 3.79. The van der Waals surface area contributed by atoms with Crippen molar-refractivity contribution in [1.29, 1.82) is 0 Å². The monoisotopic (exact) mass is 237 g/mol. The van der Waals surface area contributed by atoms with E-state index < -0.39 is 0 Å². The Bertz CT molecular complexity index is 489. The van der Waals surface area contributed by atoms with Gasteiger partial charge in [-0.25, -0.2) is 9.97 Å². The van der Waals surface area contributed by atoms with Gasteiger partial charge in [-0.05, 0) is 0 Å². The Morgan fingerprint density at radius 1 is 1.33 bits per heavy atom. The molecule has 0 fully saturated rings. The van der Waals surface area contributed by atoms with Gasteiger partial charge in [0.15, 0.2) is 0 Å². The summed E-state index contributed by atoms with van der Waals surface area (Å²) in [4.78, 5) is 12.8. The largest absolute Gasteiger partial charge is 0.443 e. The normalized spacial score (nSPS) is 15.6. The van der Waals surface area contributed by atoms with Crippen LogP contribution in [0.4, 0.5) is 0 Å². The van der Waals surface area contributed by atoms with Crippen LogP contribution in [0.5, 0.6) is 0 Å². The lowest BCUT2D eigenvalue weighted by atomic mass is 10.5. The first-order valence-corrected chi connectivity index (χ1v) is 6.38. The Morgan fingerprint density at radius 3 is 3.07 bits per heavy atom. The molecule has 3 heterocycles. The van der Waals surface area contributed by atoms with E-state index in [1.165, 1.54) is 11.3 Å². The Morgan fingerprint density at radius 2 is 2.33 bits per heavy atom. The first-order valence-electron chi connectivity index (χ1n) is 4.45. The molecule has 0 saturated carbocycles. The molecule has 0 atom stereocenters. The maximum atomic E-state index is 5.36. The quantitative estimate of drug-likeness (QED) is 0.804. The molecule has 1 aliphatic rings. The van der Waals surface area contributed by atoms with Crippen LogP contribution in [0.1, 0.15) is 5.69 Å². The fourth-order valence-electron chi connectivity index (χ4n) is 1.30. The number of aliphatic imine (C=N–C) groups is 1. The van der Waals surface area contributed by atoms with E-state index in [1.807, 2.05) is 5.38 Å². The fourth-order valence-corrected chi connectivity index (χ4v) is 2.62. The molecule has 0 N–H and O–H groups in total. The van der Waals surface area contributed by atoms with Gasteiger partial charge in [0.05, 0.1) is 5.51 Å². The molecule has 0 aromatic carbocycles. The van der Waals surface area contributed by atoms with Crippen LogP contribution >= 0.6 is 23.1 Å². The summed E-state index contributed by atoms with van der Waals surface area (Å²) in [5.74, 6) is 1.61. The highest BCUT2D eigenvalue weighted by molar-refractivity contribution is 8.14. The predicted molar refractivity (Wildman–Crippen MR) is 61.5 cm³/mol. The van der Waals surface area contributed by atoms with Crippen molar-refractivity contribution in [2.24, 2.45) is 4.99 Å². The van der Waals surface area contributed by atoms with Crippen molar-refractivity contribution in [3.8, 4) is 11.6 Å². The Labute approximate surface area is 94.5 Å². The molecule has 15 heavy (non-hydrogen) atoms. The lowest BCUT2D eigenvalue weighted by Gasteiger charge is -1.89. The number of rotatable bonds is 2. The summed E-state index contributed by atoms with van der Waals surface area (Å²) in [7, 11) is 0. The minimum Gasteiger partial charge on any atom is -0.443 e. The number of aromatic nitrogens is 2. The third-order valence-corrected chi connectivity index (χ3v) is 3.55. The van der Waals surface area contributed by atoms with Crippen LogP contribution in [-0.2, 0) is 0 Å². The first-order chi connectivity index (χ1) is 7.43. The third-order valence-electron chi connectivity index (χ3n) is 1.96. The van der Waals surface area contributed by atoms with Gasteiger partial charge in [-0.3, -0.25) is 4.99 Å². The summed E-state index contributed by atoms with van der Waals surface area (Å²) in [5.41, 5.74) is 3.37. The molecule has 0 saturated heterocycles. The molecule has 0 aliphatic carbocycles. The van der Waals surface area contributed by atoms with Gasteiger partial charge in [-0.1, -0.05) is 0 Å². The highest BCUT2D eigenvalue weighted by atomic mass is 32.2. The van der Waals surface area contributed by atoms with Crippen molar-refractivity contribution in [2.45, 2.75) is 0 Å². The van der Waals surface area contributed by atoms with Crippen LogP contribution in [-0.4, -0.2) is 27.3 Å². The smallest absolute Gasteiger partial charge is 0.246 e. The molecule has 2 aromatic heterocycles. The summed E-state index contributed by atoms with van der Waals surface area (Å²) in [6, 6.07) is 0. The maximum Gasteiger partial charge on any atom is 0.246 e. The average molecular weight is 237 g/mol. The van der Waals surface area contributed by atoms with Crippen molar-refractivity contribution < 1.29 is 4.42 Å². The first kappa shape index (κ1) is 9.11. The maximum absolute atomic E-state index is 5.36. The number of nitrogens with zero attached hydrogens (tertiary/aromatic N) is 3. The highest BCUT2D eigenvalue weighted by Gasteiger charge is 2.15. The molecular weight excluding hydrogens is 230 g/mol. The molecular formula is C9H7N3OS2. The van der Waals surface area contributed by atoms with E-state index in [1.54, 1.807) is 23.5 Å². The molecule has 3 rings (SSSR count). The summed E-state index contributed by atoms with van der Waals surface area (Å²) in [5, 5.41) is 2.89. The molecule has 4 nitrogen and oxygen atoms in total. The minimum atomic E-state index is 0.571. The standard InChI is InChI=1S/C9H7N3OS2/c1-2-15-9(10-1)6-3-13-8(12-6)7-4-14-5-11-7/h3-5H,1-2H2. The SMILES string of the molecule is c1nc(-c2nc(C3=NCCS3)co2)cs1. The molecule has 76 valence electrons. The van der Waals surface area contributed by atoms with Crippen molar-refractivity contribution >= 4 is 28.1 Å². The van der Waals surface area contributed by atoms with E-state index in [0.717, 1.165) is 28.7 Å². The Kier molecular flexibility index (Phi) is 2.30. The van der Waals surface area contributed by atoms with Crippen LogP contribution < -0.4 is 0 Å². The molecule has 0 amide bonds. The van der Waals surface area contributed by atoms with Crippen LogP contribution in [0, 0.1) is 0 Å². The summed E-state index contributed by atoms with van der Waals surface area (Å²) < 4.78 is 5.36. The fraction of sp³-hybridized carbons (Fsp3) is 0.222. The van der Waals surface area contributed by atoms with Crippen LogP contribution in [0.15, 0.2) is 26.6 Å². The second-order valence-electron chi connectivity index (χ2n) is 2.95. The van der Waals surface area contributed by atoms with E-state index in [0.29, 0.717) is 5.89 Å². The van der Waals surface area contributed by atoms with E-state index in [4.69, 9.17) is 4.42 Å². The van der Waals surface area contributed by atoms with Crippen LogP contribution in [0.2, 0.25) is 0 Å². The number of oxazole rings is 1. The van der Waals surface area contributed by atoms with Crippen molar-refractivity contribution in [3.05, 3.63) is 22.8 Å². The average Bonchev–Trinajstić information content (AvgIpc) is 3.02. The number of thiazole rings is 1. The summed E-state index contributed by atoms with van der Waals surface area (Å²) >= 11 is 3.25. The van der Waals surface area contributed by atoms with Gasteiger partial charge in [0, 0.05) is 17.7 Å². The molecule has 0 bridgehead atoms. The second-order valence-corrected chi connectivity index (χ2v) is 4.75. The van der Waals surface area contributed by atoms with Crippen molar-refractivity contribution in [2.75, 3.05) is 12.3 Å². The van der Waals surface area contributed by atoms with Gasteiger partial charge in [0.1, 0.15) is 22.7 Å². The van der Waals surface area contributed by atoms with E-state index in [2.05, 4.69) is 15.0 Å². The summed E-state index contributed by atoms with van der Waals surface area (Å²) in [6.45, 7) is 0.874. The van der Waals surface area contributed by atoms with E-state index >= 15 is 0 Å². The lowest BCUT2D eigenvalue weighted by molar-refractivity contribution is 0.572. The predicted octanol–water partition coefficient (Wildman–Crippen LogP) is 2.29. The van der Waals surface area contributed by atoms with Gasteiger partial charge in [0.25, 0.3) is 0 Å². The molecule has 0 spiro atoms. The van der Waals surface area contributed by atoms with Crippen molar-refractivity contribution in [1.82, 2.24) is 9.97 Å². The Balaban J connectivity index is 1.94. The minimum absolute atomic E-state index is 0.571. The van der Waals surface area contributed by atoms with Gasteiger partial charge in [0.2, 0.25) is 5.89 Å². The number of thioether (sulfide) groups is 1. The van der Waals surface area contributed by atoms with Gasteiger partial charge in [-0.2, -0.15) is 0 Å². The topological polar surface area (TPSA) is 51.3 Å². The van der Waals surface area contributed by atoms with Crippen LogP contribution in [0.25, 0.3) is 11.6 Å². The zero-order valence-electron chi connectivity index (χ0n) is 7.71. The molecule has 0 unspecified atom stereocenters. The zero-order valence-corrected chi connectivity index (χ0v) is 9.35. The van der Waals surface area contributed by atoms with E-state index in [9.17, 15) is 0 Å². The molecule has 0 radical (unpaired) electrons.